The van der Waals surface area contributed by atoms with Gasteiger partial charge in [-0.1, -0.05) is 44.4 Å². The highest BCUT2D eigenvalue weighted by Gasteiger charge is 2.31. The molecule has 3 aliphatic rings. The lowest BCUT2D eigenvalue weighted by atomic mass is 9.76. The zero-order valence-electron chi connectivity index (χ0n) is 24.2. The summed E-state index contributed by atoms with van der Waals surface area (Å²) >= 11 is 1.48. The summed E-state index contributed by atoms with van der Waals surface area (Å²) in [6, 6.07) is 6.13. The summed E-state index contributed by atoms with van der Waals surface area (Å²) in [6.45, 7) is 12.1. The molecule has 10 heteroatoms. The number of nitrogens with one attached hydrogen (secondary N) is 2. The molecule has 0 amide bonds. The number of benzene rings is 1. The van der Waals surface area contributed by atoms with Gasteiger partial charge in [-0.15, -0.1) is 10.2 Å². The van der Waals surface area contributed by atoms with E-state index in [1.54, 1.807) is 12.3 Å². The molecule has 5 rings (SSSR count). The van der Waals surface area contributed by atoms with Crippen molar-refractivity contribution >= 4 is 42.0 Å². The second-order valence-corrected chi connectivity index (χ2v) is 11.2. The number of aliphatic hydroxyl groups excluding tert-OH is 1. The van der Waals surface area contributed by atoms with Crippen LogP contribution in [0, 0.1) is 5.41 Å². The summed E-state index contributed by atoms with van der Waals surface area (Å²) in [5.74, 6) is 1.38. The molecular weight excluding hydrogens is 522 g/mol. The summed E-state index contributed by atoms with van der Waals surface area (Å²) in [4.78, 5) is 10.9. The second-order valence-electron chi connectivity index (χ2n) is 10.3. The van der Waals surface area contributed by atoms with Gasteiger partial charge < -0.3 is 24.5 Å². The Kier molecular flexibility index (Phi) is 13.4. The van der Waals surface area contributed by atoms with Crippen molar-refractivity contribution in [1.82, 2.24) is 15.5 Å². The van der Waals surface area contributed by atoms with Crippen LogP contribution in [-0.2, 0) is 0 Å². The average Bonchev–Trinajstić information content (AvgIpc) is 3.45. The summed E-state index contributed by atoms with van der Waals surface area (Å²) in [5.41, 5.74) is 3.74. The molecule has 3 N–H and O–H groups in total. The van der Waals surface area contributed by atoms with Crippen LogP contribution in [0.1, 0.15) is 58.3 Å². The Bertz CT molecular complexity index is 1130. The predicted octanol–water partition coefficient (Wildman–Crippen LogP) is 5.86. The van der Waals surface area contributed by atoms with Crippen molar-refractivity contribution < 1.29 is 9.52 Å². The van der Waals surface area contributed by atoms with Gasteiger partial charge >= 0.3 is 0 Å². The molecule has 0 spiro atoms. The number of rotatable bonds is 8. The first-order chi connectivity index (χ1) is 19.5. The van der Waals surface area contributed by atoms with Gasteiger partial charge in [-0.2, -0.15) is 0 Å². The lowest BCUT2D eigenvalue weighted by Crippen LogP contribution is -2.39. The van der Waals surface area contributed by atoms with Crippen molar-refractivity contribution in [3.8, 4) is 11.5 Å². The van der Waals surface area contributed by atoms with Crippen LogP contribution >= 0.6 is 11.9 Å². The molecule has 2 aromatic rings. The molecule has 0 saturated carbocycles. The van der Waals surface area contributed by atoms with Crippen LogP contribution in [0.3, 0.4) is 0 Å². The molecule has 40 heavy (non-hydrogen) atoms. The Balaban J connectivity index is 0.000000663. The molecule has 1 aromatic carbocycles. The third-order valence-corrected chi connectivity index (χ3v) is 7.91. The number of hydrogen-bond acceptors (Lipinski definition) is 10. The first-order valence-electron chi connectivity index (χ1n) is 14.2. The zero-order valence-corrected chi connectivity index (χ0v) is 25.1. The second kappa shape index (κ2) is 17.0. The molecule has 9 nitrogen and oxygen atoms in total. The first kappa shape index (κ1) is 31.6. The molecule has 0 unspecified atom stereocenters. The first-order valence-corrected chi connectivity index (χ1v) is 15.2. The minimum atomic E-state index is 0.130. The lowest BCUT2D eigenvalue weighted by Gasteiger charge is -2.41. The van der Waals surface area contributed by atoms with Crippen molar-refractivity contribution in [1.29, 1.82) is 0 Å². The highest BCUT2D eigenvalue weighted by Crippen LogP contribution is 2.41. The van der Waals surface area contributed by atoms with Gasteiger partial charge in [0.1, 0.15) is 5.70 Å². The predicted molar refractivity (Wildman–Crippen MR) is 171 cm³/mol. The average molecular weight is 568 g/mol. The Hall–Kier alpha value is -2.95. The lowest BCUT2D eigenvalue weighted by molar-refractivity contribution is 0.230. The third-order valence-electron chi connectivity index (χ3n) is 7.15. The minimum absolute atomic E-state index is 0.130. The van der Waals surface area contributed by atoms with Gasteiger partial charge in [-0.05, 0) is 82.1 Å². The van der Waals surface area contributed by atoms with E-state index in [4.69, 9.17) is 9.52 Å². The maximum Gasteiger partial charge on any atom is 0.266 e. The van der Waals surface area contributed by atoms with Gasteiger partial charge in [0.15, 0.2) is 0 Å². The Labute approximate surface area is 243 Å². The Morgan fingerprint density at radius 2 is 1.98 bits per heavy atom. The van der Waals surface area contributed by atoms with Crippen LogP contribution in [0.5, 0.6) is 0 Å². The van der Waals surface area contributed by atoms with Gasteiger partial charge in [-0.25, -0.2) is 0 Å². The number of fused-ring (bicyclic) bond motifs is 7. The Morgan fingerprint density at radius 3 is 2.67 bits per heavy atom. The minimum Gasteiger partial charge on any atom is -0.415 e. The number of allylic oxidation sites excluding steroid dienone is 2. The standard InChI is InChI=1S/C25H32N6O2S.C5H13N/c1-25-9-4-3-5-12-27-13-8-21(26-2)24-29-28-23(33-24)20-7-6-19(30-34-17-16-32)18-22(20)31(14-10-25)15-11-25;1-3-4-5-6-2/h3,5-8,13,18,30,32H,2,4,9-12,14-17H2,1H3;6H,3-5H2,1-2H3/b5-3-,21-8-,27-13?;. The maximum absolute atomic E-state index is 9.11. The van der Waals surface area contributed by atoms with Crippen LogP contribution in [0.4, 0.5) is 11.4 Å². The largest absolute Gasteiger partial charge is 0.415 e. The van der Waals surface area contributed by atoms with Crippen molar-refractivity contribution in [3.63, 3.8) is 0 Å². The van der Waals surface area contributed by atoms with Crippen LogP contribution < -0.4 is 14.9 Å². The smallest absolute Gasteiger partial charge is 0.266 e. The summed E-state index contributed by atoms with van der Waals surface area (Å²) < 4.78 is 9.36. The van der Waals surface area contributed by atoms with E-state index in [2.05, 4.69) is 73.9 Å². The topological polar surface area (TPSA) is 111 Å². The molecule has 0 radical (unpaired) electrons. The summed E-state index contributed by atoms with van der Waals surface area (Å²) in [7, 11) is 1.98. The molecule has 0 atom stereocenters. The van der Waals surface area contributed by atoms with Gasteiger partial charge in [0.25, 0.3) is 5.89 Å². The van der Waals surface area contributed by atoms with Crippen LogP contribution in [0.2, 0.25) is 0 Å². The molecule has 0 aliphatic carbocycles. The van der Waals surface area contributed by atoms with E-state index in [1.807, 2.05) is 19.2 Å². The Morgan fingerprint density at radius 1 is 1.18 bits per heavy atom. The molecule has 218 valence electrons. The fraction of sp³-hybridized carbons (Fsp3) is 0.533. The van der Waals surface area contributed by atoms with E-state index in [-0.39, 0.29) is 6.61 Å². The number of piperidine rings is 1. The highest BCUT2D eigenvalue weighted by atomic mass is 32.2. The van der Waals surface area contributed by atoms with Gasteiger partial charge in [-0.3, -0.25) is 9.98 Å². The molecule has 3 aliphatic heterocycles. The van der Waals surface area contributed by atoms with E-state index in [9.17, 15) is 0 Å². The van der Waals surface area contributed by atoms with Crippen LogP contribution in [0.15, 0.2) is 50.8 Å². The van der Waals surface area contributed by atoms with E-state index >= 15 is 0 Å². The van der Waals surface area contributed by atoms with E-state index in [0.29, 0.717) is 35.2 Å². The molecule has 1 aromatic heterocycles. The number of aliphatic hydroxyl groups is 1. The molecule has 4 bridgehead atoms. The molecule has 1 fully saturated rings. The van der Waals surface area contributed by atoms with Crippen molar-refractivity contribution in [3.05, 3.63) is 42.3 Å². The summed E-state index contributed by atoms with van der Waals surface area (Å²) in [6.07, 6.45) is 14.9. The van der Waals surface area contributed by atoms with Crippen molar-refractivity contribution in [2.24, 2.45) is 15.4 Å². The van der Waals surface area contributed by atoms with E-state index in [0.717, 1.165) is 55.8 Å². The van der Waals surface area contributed by atoms with Crippen LogP contribution in [-0.4, -0.2) is 73.8 Å². The van der Waals surface area contributed by atoms with Crippen molar-refractivity contribution in [2.75, 3.05) is 55.2 Å². The summed E-state index contributed by atoms with van der Waals surface area (Å²) in [5, 5.41) is 20.7. The van der Waals surface area contributed by atoms with Gasteiger partial charge in [0.2, 0.25) is 5.89 Å². The fourth-order valence-electron chi connectivity index (χ4n) is 4.61. The number of nitrogens with zero attached hydrogens (tertiary/aromatic N) is 5. The number of aliphatic imine (C=N–C) groups is 2. The number of anilines is 2. The monoisotopic (exact) mass is 567 g/mol. The normalized spacial score (nSPS) is 18.8. The van der Waals surface area contributed by atoms with Crippen molar-refractivity contribution in [2.45, 2.75) is 52.4 Å². The third kappa shape index (κ3) is 9.60. The number of aromatic nitrogens is 2. The van der Waals surface area contributed by atoms with E-state index in [1.165, 1.54) is 31.2 Å². The highest BCUT2D eigenvalue weighted by molar-refractivity contribution is 8.00. The van der Waals surface area contributed by atoms with Gasteiger partial charge in [0, 0.05) is 30.7 Å². The number of hydrogen-bond donors (Lipinski definition) is 3. The molecular formula is C30H45N7O2S. The zero-order chi connectivity index (χ0) is 28.6. The molecule has 1 saturated heterocycles. The van der Waals surface area contributed by atoms with Crippen LogP contribution in [0.25, 0.3) is 17.2 Å². The SMILES string of the molecule is C=N/C1=C\C=NC/C=C\CCC2(C)CCN(CC2)c2cc(NSCCO)ccc2-c2nnc1o2.CCCCNC. The van der Waals surface area contributed by atoms with E-state index < -0.39 is 0 Å². The maximum atomic E-state index is 9.11. The quantitative estimate of drug-likeness (QED) is 0.157. The van der Waals surface area contributed by atoms with Gasteiger partial charge in [0.05, 0.1) is 24.4 Å². The molecule has 4 heterocycles. The fourth-order valence-corrected chi connectivity index (χ4v) is 5.09. The number of unbranched alkanes of at least 4 members (excludes halogenated alkanes) is 1.